The molecule has 3 rings (SSSR count). The molecule has 2 aliphatic rings. The average Bonchev–Trinajstić information content (AvgIpc) is 2.96. The molecule has 1 N–H and O–H groups in total. The van der Waals surface area contributed by atoms with Gasteiger partial charge in [0.1, 0.15) is 0 Å². The van der Waals surface area contributed by atoms with Crippen molar-refractivity contribution in [3.63, 3.8) is 0 Å². The summed E-state index contributed by atoms with van der Waals surface area (Å²) in [6, 6.07) is 4.58. The number of carbonyl (C=O) groups is 1. The van der Waals surface area contributed by atoms with Crippen LogP contribution in [0, 0.1) is 5.92 Å². The van der Waals surface area contributed by atoms with Crippen molar-refractivity contribution in [3.05, 3.63) is 24.0 Å². The maximum absolute atomic E-state index is 11.8. The third kappa shape index (κ3) is 2.84. The Morgan fingerprint density at radius 1 is 1.42 bits per heavy atom. The van der Waals surface area contributed by atoms with Crippen LogP contribution in [-0.2, 0) is 11.8 Å². The van der Waals surface area contributed by atoms with E-state index in [9.17, 15) is 4.79 Å². The second-order valence-corrected chi connectivity index (χ2v) is 5.82. The molecule has 2 heterocycles. The van der Waals surface area contributed by atoms with E-state index in [2.05, 4.69) is 40.2 Å². The number of likely N-dealkylation sites (tertiary alicyclic amines) is 1. The van der Waals surface area contributed by atoms with Crippen LogP contribution in [0.4, 0.5) is 0 Å². The van der Waals surface area contributed by atoms with Crippen LogP contribution >= 0.6 is 0 Å². The summed E-state index contributed by atoms with van der Waals surface area (Å²) >= 11 is 0. The van der Waals surface area contributed by atoms with Crippen molar-refractivity contribution in [2.45, 2.75) is 31.7 Å². The van der Waals surface area contributed by atoms with E-state index in [0.29, 0.717) is 12.0 Å². The predicted octanol–water partition coefficient (Wildman–Crippen LogP) is 1.69. The molecule has 0 spiro atoms. The van der Waals surface area contributed by atoms with Gasteiger partial charge in [0, 0.05) is 31.4 Å². The number of rotatable bonds is 5. The maximum Gasteiger partial charge on any atom is 0.223 e. The van der Waals surface area contributed by atoms with Crippen LogP contribution in [0.3, 0.4) is 0 Å². The van der Waals surface area contributed by atoms with Gasteiger partial charge in [0.2, 0.25) is 5.91 Å². The van der Waals surface area contributed by atoms with Gasteiger partial charge in [0.25, 0.3) is 0 Å². The molecule has 4 nitrogen and oxygen atoms in total. The third-order valence-corrected chi connectivity index (χ3v) is 4.32. The highest BCUT2D eigenvalue weighted by atomic mass is 16.2. The number of hydrogen-bond acceptors (Lipinski definition) is 2. The van der Waals surface area contributed by atoms with Gasteiger partial charge in [-0.2, -0.15) is 0 Å². The third-order valence-electron chi connectivity index (χ3n) is 4.32. The maximum atomic E-state index is 11.8. The van der Waals surface area contributed by atoms with E-state index in [1.165, 1.54) is 18.5 Å². The topological polar surface area (TPSA) is 37.3 Å². The first-order valence-electron chi connectivity index (χ1n) is 7.38. The summed E-state index contributed by atoms with van der Waals surface area (Å²) in [5.41, 5.74) is 1.30. The van der Waals surface area contributed by atoms with Crippen molar-refractivity contribution in [1.29, 1.82) is 0 Å². The molecular weight excluding hydrogens is 238 g/mol. The first-order chi connectivity index (χ1) is 9.25. The highest BCUT2D eigenvalue weighted by Gasteiger charge is 2.31. The van der Waals surface area contributed by atoms with Crippen molar-refractivity contribution >= 4 is 5.91 Å². The molecule has 2 fully saturated rings. The number of aromatic nitrogens is 1. The Hall–Kier alpha value is -1.29. The van der Waals surface area contributed by atoms with Gasteiger partial charge in [-0.25, -0.2) is 0 Å². The Kier molecular flexibility index (Phi) is 3.60. The Morgan fingerprint density at radius 3 is 2.74 bits per heavy atom. The van der Waals surface area contributed by atoms with Gasteiger partial charge in [-0.3, -0.25) is 9.69 Å². The zero-order valence-electron chi connectivity index (χ0n) is 11.6. The van der Waals surface area contributed by atoms with Crippen molar-refractivity contribution in [3.8, 4) is 0 Å². The number of carbonyl (C=O) groups excluding carboxylic acids is 1. The normalized spacial score (nSPS) is 21.5. The molecule has 1 aliphatic heterocycles. The Labute approximate surface area is 114 Å². The number of aryl methyl sites for hydroxylation is 1. The van der Waals surface area contributed by atoms with Crippen molar-refractivity contribution in [2.75, 3.05) is 19.6 Å². The number of nitrogens with zero attached hydrogens (tertiary/aromatic N) is 2. The van der Waals surface area contributed by atoms with Gasteiger partial charge < -0.3 is 9.88 Å². The standard InChI is InChI=1S/C15H23N3O/c1-17-8-4-5-13(17)14(18-9-2-3-10-18)11-16-15(19)12-6-7-12/h4-5,8,12,14H,2-3,6-7,9-11H2,1H3,(H,16,19). The second-order valence-electron chi connectivity index (χ2n) is 5.82. The average molecular weight is 261 g/mol. The molecule has 0 radical (unpaired) electrons. The first-order valence-corrected chi connectivity index (χ1v) is 7.38. The molecule has 1 saturated carbocycles. The SMILES string of the molecule is Cn1cccc1C(CNC(=O)C1CC1)N1CCCC1. The molecule has 1 aromatic rings. The molecule has 0 bridgehead atoms. The molecule has 1 aromatic heterocycles. The lowest BCUT2D eigenvalue weighted by Crippen LogP contribution is -2.38. The molecule has 4 heteroatoms. The van der Waals surface area contributed by atoms with Crippen molar-refractivity contribution < 1.29 is 4.79 Å². The van der Waals surface area contributed by atoms with Gasteiger partial charge in [-0.05, 0) is 50.9 Å². The van der Waals surface area contributed by atoms with Gasteiger partial charge >= 0.3 is 0 Å². The van der Waals surface area contributed by atoms with Crippen molar-refractivity contribution in [1.82, 2.24) is 14.8 Å². The fourth-order valence-corrected chi connectivity index (χ4v) is 2.98. The van der Waals surface area contributed by atoms with Crippen LogP contribution in [-0.4, -0.2) is 35.0 Å². The molecule has 1 atom stereocenters. The molecule has 1 aliphatic carbocycles. The lowest BCUT2D eigenvalue weighted by Gasteiger charge is -2.28. The number of nitrogens with one attached hydrogen (secondary N) is 1. The van der Waals surface area contributed by atoms with E-state index in [1.807, 2.05) is 0 Å². The van der Waals surface area contributed by atoms with Crippen molar-refractivity contribution in [2.24, 2.45) is 13.0 Å². The van der Waals surface area contributed by atoms with Crippen LogP contribution < -0.4 is 5.32 Å². The fourth-order valence-electron chi connectivity index (χ4n) is 2.98. The molecule has 19 heavy (non-hydrogen) atoms. The molecule has 104 valence electrons. The minimum Gasteiger partial charge on any atom is -0.354 e. The van der Waals surface area contributed by atoms with Crippen LogP contribution in [0.5, 0.6) is 0 Å². The summed E-state index contributed by atoms with van der Waals surface area (Å²) < 4.78 is 2.17. The summed E-state index contributed by atoms with van der Waals surface area (Å²) in [4.78, 5) is 14.3. The van der Waals surface area contributed by atoms with E-state index in [1.54, 1.807) is 0 Å². The Bertz CT molecular complexity index is 444. The van der Waals surface area contributed by atoms with Gasteiger partial charge in [-0.1, -0.05) is 0 Å². The van der Waals surface area contributed by atoms with Crippen LogP contribution in [0.2, 0.25) is 0 Å². The van der Waals surface area contributed by atoms with Crippen LogP contribution in [0.25, 0.3) is 0 Å². The van der Waals surface area contributed by atoms with E-state index >= 15 is 0 Å². The highest BCUT2D eigenvalue weighted by molar-refractivity contribution is 5.80. The highest BCUT2D eigenvalue weighted by Crippen LogP contribution is 2.29. The minimum absolute atomic E-state index is 0.249. The number of amides is 1. The Morgan fingerprint density at radius 2 is 2.16 bits per heavy atom. The smallest absolute Gasteiger partial charge is 0.223 e. The monoisotopic (exact) mass is 261 g/mol. The fraction of sp³-hybridized carbons (Fsp3) is 0.667. The van der Waals surface area contributed by atoms with E-state index < -0.39 is 0 Å². The largest absolute Gasteiger partial charge is 0.354 e. The zero-order chi connectivity index (χ0) is 13.2. The second kappa shape index (κ2) is 5.37. The van der Waals surface area contributed by atoms with Crippen LogP contribution in [0.15, 0.2) is 18.3 Å². The van der Waals surface area contributed by atoms with E-state index in [0.717, 1.165) is 32.5 Å². The lowest BCUT2D eigenvalue weighted by atomic mass is 10.1. The lowest BCUT2D eigenvalue weighted by molar-refractivity contribution is -0.122. The van der Waals surface area contributed by atoms with E-state index in [-0.39, 0.29) is 5.91 Å². The van der Waals surface area contributed by atoms with Gasteiger partial charge in [0.15, 0.2) is 0 Å². The summed E-state index contributed by atoms with van der Waals surface area (Å²) in [6.45, 7) is 3.04. The van der Waals surface area contributed by atoms with Gasteiger partial charge in [0.05, 0.1) is 6.04 Å². The molecule has 1 unspecified atom stereocenters. The van der Waals surface area contributed by atoms with Crippen LogP contribution in [0.1, 0.15) is 37.4 Å². The zero-order valence-corrected chi connectivity index (χ0v) is 11.6. The summed E-state index contributed by atoms with van der Waals surface area (Å²) in [5.74, 6) is 0.547. The summed E-state index contributed by atoms with van der Waals surface area (Å²) in [7, 11) is 2.08. The van der Waals surface area contributed by atoms with E-state index in [4.69, 9.17) is 0 Å². The summed E-state index contributed by atoms with van der Waals surface area (Å²) in [5, 5.41) is 3.14. The predicted molar refractivity (Wildman–Crippen MR) is 74.7 cm³/mol. The summed E-state index contributed by atoms with van der Waals surface area (Å²) in [6.07, 6.45) is 6.78. The molecule has 1 amide bonds. The first kappa shape index (κ1) is 12.7. The minimum atomic E-state index is 0.249. The Balaban J connectivity index is 1.68. The number of hydrogen-bond donors (Lipinski definition) is 1. The molecule has 1 saturated heterocycles. The molecule has 0 aromatic carbocycles. The van der Waals surface area contributed by atoms with Gasteiger partial charge in [-0.15, -0.1) is 0 Å². The molecular formula is C15H23N3O. The quantitative estimate of drug-likeness (QED) is 0.876.